The van der Waals surface area contributed by atoms with Gasteiger partial charge in [-0.1, -0.05) is 0 Å². The largest absolute Gasteiger partial charge is 0.497 e. The van der Waals surface area contributed by atoms with E-state index in [1.807, 2.05) is 13.1 Å². The molecule has 4 aromatic rings. The maximum Gasteiger partial charge on any atom is 0.271 e. The number of nitrogens with two attached hydrogens (primary N) is 1. The van der Waals surface area contributed by atoms with Crippen LogP contribution in [0.1, 0.15) is 41.1 Å². The monoisotopic (exact) mass is 562 g/mol. The fourth-order valence-electron chi connectivity index (χ4n) is 5.06. The van der Waals surface area contributed by atoms with Crippen molar-refractivity contribution in [3.05, 3.63) is 71.6 Å². The minimum Gasteiger partial charge on any atom is -0.497 e. The Labute approximate surface area is 235 Å². The third-order valence-corrected chi connectivity index (χ3v) is 7.46. The zero-order valence-electron chi connectivity index (χ0n) is 23.1. The number of fused-ring (bicyclic) bond motifs is 1. The molecule has 0 radical (unpaired) electrons. The molecule has 5 rings (SSSR count). The van der Waals surface area contributed by atoms with Crippen molar-refractivity contribution in [1.82, 2.24) is 29.2 Å². The number of nitrogens with zero attached hydrogens (tertiary/aromatic N) is 6. The number of hydrogen-bond acceptors (Lipinski definition) is 8. The number of halogens is 1. The second-order valence-corrected chi connectivity index (χ2v) is 10.2. The van der Waals surface area contributed by atoms with E-state index in [1.54, 1.807) is 40.8 Å². The number of ether oxygens (including phenoxy) is 1. The average molecular weight is 563 g/mol. The highest BCUT2D eigenvalue weighted by atomic mass is 19.1. The number of methoxy groups -OCH3 is 1. The topological polar surface area (TPSA) is 153 Å². The van der Waals surface area contributed by atoms with Crippen LogP contribution >= 0.6 is 0 Å². The molecule has 12 nitrogen and oxygen atoms in total. The van der Waals surface area contributed by atoms with Crippen LogP contribution in [0, 0.1) is 12.7 Å². The van der Waals surface area contributed by atoms with E-state index in [-0.39, 0.29) is 24.3 Å². The maximum absolute atomic E-state index is 14.1. The standard InChI is InChI=1S/C28H31FN8O4/c1-16-14-31-27(33-23-5-6-32-35(23)3)34-24(16)18-11-21-25(39)37(8-7-36(21)15-18)28(2,26(30)40)13-22(38)17-9-19(29)12-20(10-17)41-4/h5-6,9-12,14-15,22,38H,7-8,13H2,1-4H3,(H2,30,40)(H,31,33,34)/t22-,28?/m0/s1. The Balaban J connectivity index is 1.42. The summed E-state index contributed by atoms with van der Waals surface area (Å²) >= 11 is 0. The summed E-state index contributed by atoms with van der Waals surface area (Å²) in [5, 5.41) is 18.2. The highest BCUT2D eigenvalue weighted by molar-refractivity contribution is 5.99. The fraction of sp³-hybridized carbons (Fsp3) is 0.321. The number of amides is 2. The molecule has 0 saturated carbocycles. The van der Waals surface area contributed by atoms with Crippen LogP contribution in [0.3, 0.4) is 0 Å². The van der Waals surface area contributed by atoms with Crippen LogP contribution in [0.15, 0.2) is 48.9 Å². The average Bonchev–Trinajstić information content (AvgIpc) is 3.55. The highest BCUT2D eigenvalue weighted by Gasteiger charge is 2.45. The van der Waals surface area contributed by atoms with Crippen molar-refractivity contribution < 1.29 is 23.8 Å². The number of nitrogens with one attached hydrogen (secondary N) is 1. The Kier molecular flexibility index (Phi) is 7.22. The summed E-state index contributed by atoms with van der Waals surface area (Å²) in [4.78, 5) is 36.9. The predicted octanol–water partition coefficient (Wildman–Crippen LogP) is 2.70. The molecule has 214 valence electrons. The molecule has 4 N–H and O–H groups in total. The molecule has 0 fully saturated rings. The van der Waals surface area contributed by atoms with Crippen LogP contribution in [-0.2, 0) is 18.4 Å². The Hall–Kier alpha value is -4.78. The Bertz CT molecular complexity index is 1630. The van der Waals surface area contributed by atoms with E-state index < -0.39 is 29.3 Å². The van der Waals surface area contributed by atoms with Crippen molar-refractivity contribution >= 4 is 23.6 Å². The molecular formula is C28H31FN8O4. The van der Waals surface area contributed by atoms with Gasteiger partial charge in [0.25, 0.3) is 5.91 Å². The quantitative estimate of drug-likeness (QED) is 0.281. The van der Waals surface area contributed by atoms with E-state index in [0.29, 0.717) is 35.3 Å². The smallest absolute Gasteiger partial charge is 0.271 e. The summed E-state index contributed by atoms with van der Waals surface area (Å²) in [5.41, 5.74) is 6.96. The summed E-state index contributed by atoms with van der Waals surface area (Å²) in [6.07, 6.45) is 3.66. The van der Waals surface area contributed by atoms with E-state index in [9.17, 15) is 19.1 Å². The van der Waals surface area contributed by atoms with Gasteiger partial charge in [-0.2, -0.15) is 5.10 Å². The van der Waals surface area contributed by atoms with Gasteiger partial charge in [0, 0.05) is 56.6 Å². The minimum atomic E-state index is -1.56. The van der Waals surface area contributed by atoms with Crippen molar-refractivity contribution in [2.24, 2.45) is 12.8 Å². The number of anilines is 2. The van der Waals surface area contributed by atoms with E-state index in [0.717, 1.165) is 11.6 Å². The summed E-state index contributed by atoms with van der Waals surface area (Å²) in [5.74, 6) is -0.504. The fourth-order valence-corrected chi connectivity index (χ4v) is 5.06. The first kappa shape index (κ1) is 27.8. The molecule has 0 bridgehead atoms. The van der Waals surface area contributed by atoms with Crippen molar-refractivity contribution in [3.8, 4) is 17.0 Å². The van der Waals surface area contributed by atoms with Crippen molar-refractivity contribution in [2.75, 3.05) is 19.0 Å². The number of aromatic nitrogens is 5. The van der Waals surface area contributed by atoms with Gasteiger partial charge in [-0.15, -0.1) is 0 Å². The molecular weight excluding hydrogens is 531 g/mol. The second-order valence-electron chi connectivity index (χ2n) is 10.2. The van der Waals surface area contributed by atoms with Gasteiger partial charge in [0.1, 0.15) is 28.6 Å². The van der Waals surface area contributed by atoms with E-state index in [4.69, 9.17) is 10.5 Å². The molecule has 1 aliphatic heterocycles. The van der Waals surface area contributed by atoms with Gasteiger partial charge >= 0.3 is 0 Å². The molecule has 3 aromatic heterocycles. The lowest BCUT2D eigenvalue weighted by atomic mass is 9.87. The molecule has 0 saturated heterocycles. The molecule has 2 atom stereocenters. The van der Waals surface area contributed by atoms with Crippen molar-refractivity contribution in [1.29, 1.82) is 0 Å². The highest BCUT2D eigenvalue weighted by Crippen LogP contribution is 2.34. The van der Waals surface area contributed by atoms with Gasteiger partial charge in [-0.05, 0) is 43.2 Å². The number of rotatable bonds is 9. The number of carbonyl (C=O) groups is 2. The zero-order valence-corrected chi connectivity index (χ0v) is 23.1. The predicted molar refractivity (Wildman–Crippen MR) is 148 cm³/mol. The number of carbonyl (C=O) groups excluding carboxylic acids is 2. The lowest BCUT2D eigenvalue weighted by Gasteiger charge is -2.42. The third kappa shape index (κ3) is 5.23. The minimum absolute atomic E-state index is 0.175. The van der Waals surface area contributed by atoms with Gasteiger partial charge in [-0.3, -0.25) is 14.3 Å². The SMILES string of the molecule is COc1cc(F)cc([C@@H](O)CC(C)(C(N)=O)N2CCn3cc(-c4nc(Nc5ccnn5C)ncc4C)cc3C2=O)c1. The van der Waals surface area contributed by atoms with Crippen molar-refractivity contribution in [2.45, 2.75) is 38.5 Å². The summed E-state index contributed by atoms with van der Waals surface area (Å²) in [6.45, 7) is 3.95. The second kappa shape index (κ2) is 10.7. The molecule has 1 aromatic carbocycles. The molecule has 1 unspecified atom stereocenters. The number of primary amides is 1. The van der Waals surface area contributed by atoms with Crippen LogP contribution in [0.4, 0.5) is 16.2 Å². The van der Waals surface area contributed by atoms with E-state index in [1.165, 1.54) is 31.1 Å². The van der Waals surface area contributed by atoms with Gasteiger partial charge in [-0.25, -0.2) is 14.4 Å². The number of hydrogen-bond donors (Lipinski definition) is 3. The Morgan fingerprint density at radius 2 is 2.07 bits per heavy atom. The lowest BCUT2D eigenvalue weighted by Crippen LogP contribution is -2.60. The number of aliphatic hydroxyl groups is 1. The first-order valence-electron chi connectivity index (χ1n) is 12.9. The van der Waals surface area contributed by atoms with Crippen LogP contribution in [-0.4, -0.2) is 65.3 Å². The van der Waals surface area contributed by atoms with Crippen LogP contribution in [0.5, 0.6) is 5.75 Å². The van der Waals surface area contributed by atoms with E-state index >= 15 is 0 Å². The van der Waals surface area contributed by atoms with E-state index in [2.05, 4.69) is 20.4 Å². The lowest BCUT2D eigenvalue weighted by molar-refractivity contribution is -0.130. The molecule has 41 heavy (non-hydrogen) atoms. The number of benzene rings is 1. The maximum atomic E-state index is 14.1. The van der Waals surface area contributed by atoms with Crippen LogP contribution in [0.25, 0.3) is 11.3 Å². The van der Waals surface area contributed by atoms with Crippen LogP contribution < -0.4 is 15.8 Å². The first-order valence-corrected chi connectivity index (χ1v) is 12.9. The third-order valence-electron chi connectivity index (χ3n) is 7.46. The van der Waals surface area contributed by atoms with Gasteiger partial charge in [0.05, 0.1) is 25.1 Å². The van der Waals surface area contributed by atoms with Gasteiger partial charge < -0.3 is 30.4 Å². The zero-order chi connectivity index (χ0) is 29.5. The first-order chi connectivity index (χ1) is 19.5. The summed E-state index contributed by atoms with van der Waals surface area (Å²) in [6, 6.07) is 7.33. The number of aryl methyl sites for hydroxylation is 2. The molecule has 0 spiro atoms. The Morgan fingerprint density at radius 3 is 2.76 bits per heavy atom. The number of aliphatic hydroxyl groups excluding tert-OH is 1. The van der Waals surface area contributed by atoms with Crippen molar-refractivity contribution in [3.63, 3.8) is 0 Å². The van der Waals surface area contributed by atoms with Gasteiger partial charge in [0.15, 0.2) is 0 Å². The summed E-state index contributed by atoms with van der Waals surface area (Å²) < 4.78 is 22.6. The molecule has 1 aliphatic rings. The van der Waals surface area contributed by atoms with Gasteiger partial charge in [0.2, 0.25) is 11.9 Å². The normalized spacial score (nSPS) is 15.3. The van der Waals surface area contributed by atoms with Crippen LogP contribution in [0.2, 0.25) is 0 Å². The molecule has 13 heteroatoms. The molecule has 4 heterocycles. The Morgan fingerprint density at radius 1 is 1.29 bits per heavy atom. The molecule has 2 amide bonds. The summed E-state index contributed by atoms with van der Waals surface area (Å²) in [7, 11) is 3.18. The molecule has 0 aliphatic carbocycles.